The highest BCUT2D eigenvalue weighted by Gasteiger charge is 2.41. The average Bonchev–Trinajstić information content (AvgIpc) is 2.53. The first-order valence-corrected chi connectivity index (χ1v) is 4.62. The Balaban J connectivity index is 2.04. The van der Waals surface area contributed by atoms with E-state index in [2.05, 4.69) is 18.9 Å². The first kappa shape index (κ1) is 7.56. The first-order valence-electron chi connectivity index (χ1n) is 4.62. The van der Waals surface area contributed by atoms with Crippen molar-refractivity contribution in [2.24, 2.45) is 5.92 Å². The van der Waals surface area contributed by atoms with Crippen LogP contribution in [0.5, 0.6) is 0 Å². The maximum Gasteiger partial charge on any atom is 0.0625 e. The first-order chi connectivity index (χ1) is 5.33. The molecule has 2 fully saturated rings. The minimum Gasteiger partial charge on any atom is -0.379 e. The van der Waals surface area contributed by atoms with Gasteiger partial charge in [0, 0.05) is 18.0 Å². The van der Waals surface area contributed by atoms with Crippen LogP contribution in [0.15, 0.2) is 0 Å². The summed E-state index contributed by atoms with van der Waals surface area (Å²) in [7, 11) is 2.24. The zero-order valence-electron chi connectivity index (χ0n) is 7.42. The summed E-state index contributed by atoms with van der Waals surface area (Å²) in [5, 5.41) is 0. The zero-order valence-corrected chi connectivity index (χ0v) is 7.42. The summed E-state index contributed by atoms with van der Waals surface area (Å²) in [6.45, 7) is 4.26. The van der Waals surface area contributed by atoms with Crippen LogP contribution < -0.4 is 0 Å². The van der Waals surface area contributed by atoms with Crippen molar-refractivity contribution in [2.45, 2.75) is 31.8 Å². The highest BCUT2D eigenvalue weighted by Crippen LogP contribution is 2.33. The van der Waals surface area contributed by atoms with E-state index in [0.29, 0.717) is 0 Å². The van der Waals surface area contributed by atoms with Crippen LogP contribution in [0.25, 0.3) is 0 Å². The van der Waals surface area contributed by atoms with E-state index in [0.717, 1.165) is 31.2 Å². The Kier molecular flexibility index (Phi) is 1.90. The molecule has 2 rings (SSSR count). The predicted molar refractivity (Wildman–Crippen MR) is 44.6 cm³/mol. The molecule has 11 heavy (non-hydrogen) atoms. The molecular formula is C9H17NO. The number of nitrogens with zero attached hydrogens (tertiary/aromatic N) is 1. The van der Waals surface area contributed by atoms with Crippen LogP contribution in [0.1, 0.15) is 19.8 Å². The fraction of sp³-hybridized carbons (Fsp3) is 1.00. The summed E-state index contributed by atoms with van der Waals surface area (Å²) in [4.78, 5) is 2.51. The monoisotopic (exact) mass is 155 g/mol. The summed E-state index contributed by atoms with van der Waals surface area (Å²) < 4.78 is 5.43. The largest absolute Gasteiger partial charge is 0.379 e. The van der Waals surface area contributed by atoms with E-state index < -0.39 is 0 Å². The third-order valence-electron chi connectivity index (χ3n) is 3.31. The topological polar surface area (TPSA) is 12.5 Å². The van der Waals surface area contributed by atoms with Crippen molar-refractivity contribution in [2.75, 3.05) is 20.3 Å². The molecule has 2 saturated heterocycles. The van der Waals surface area contributed by atoms with Gasteiger partial charge in [-0.3, -0.25) is 4.90 Å². The Bertz CT molecular complexity index is 148. The summed E-state index contributed by atoms with van der Waals surface area (Å²) >= 11 is 0. The van der Waals surface area contributed by atoms with Gasteiger partial charge in [-0.25, -0.2) is 0 Å². The molecule has 0 spiro atoms. The third-order valence-corrected chi connectivity index (χ3v) is 3.31. The Morgan fingerprint density at radius 2 is 2.27 bits per heavy atom. The summed E-state index contributed by atoms with van der Waals surface area (Å²) in [6, 6.07) is 1.56. The molecule has 0 aliphatic carbocycles. The van der Waals surface area contributed by atoms with Crippen LogP contribution in [0.4, 0.5) is 0 Å². The quantitative estimate of drug-likeness (QED) is 0.562. The fourth-order valence-corrected chi connectivity index (χ4v) is 2.50. The van der Waals surface area contributed by atoms with Gasteiger partial charge in [0.1, 0.15) is 0 Å². The van der Waals surface area contributed by atoms with Crippen LogP contribution in [0.2, 0.25) is 0 Å². The molecule has 0 unspecified atom stereocenters. The van der Waals surface area contributed by atoms with E-state index in [9.17, 15) is 0 Å². The minimum atomic E-state index is 0.736. The van der Waals surface area contributed by atoms with Gasteiger partial charge in [-0.2, -0.15) is 0 Å². The van der Waals surface area contributed by atoms with Gasteiger partial charge in [-0.15, -0.1) is 0 Å². The molecule has 64 valence electrons. The normalized spacial score (nSPS) is 44.7. The van der Waals surface area contributed by atoms with E-state index in [1.54, 1.807) is 0 Å². The molecule has 0 N–H and O–H groups in total. The van der Waals surface area contributed by atoms with E-state index in [1.807, 2.05) is 0 Å². The molecule has 0 saturated carbocycles. The molecule has 0 radical (unpaired) electrons. The van der Waals surface area contributed by atoms with Gasteiger partial charge in [0.2, 0.25) is 0 Å². The molecule has 3 atom stereocenters. The molecule has 2 heteroatoms. The summed E-state index contributed by atoms with van der Waals surface area (Å²) in [5.41, 5.74) is 0. The molecule has 0 aromatic heterocycles. The molecule has 2 nitrogen and oxygen atoms in total. The van der Waals surface area contributed by atoms with Gasteiger partial charge in [-0.1, -0.05) is 6.92 Å². The lowest BCUT2D eigenvalue weighted by molar-refractivity contribution is 0.136. The molecule has 2 aliphatic heterocycles. The Hall–Kier alpha value is -0.0800. The molecule has 2 aliphatic rings. The van der Waals surface area contributed by atoms with Crippen LogP contribution in [-0.4, -0.2) is 37.2 Å². The molecule has 0 aromatic carbocycles. The van der Waals surface area contributed by atoms with E-state index in [4.69, 9.17) is 4.74 Å². The maximum absolute atomic E-state index is 5.43. The highest BCUT2D eigenvalue weighted by molar-refractivity contribution is 4.94. The Labute approximate surface area is 68.5 Å². The SMILES string of the molecule is CC[C@@H]1C[C@H]2COC[C@H]2N1C. The van der Waals surface area contributed by atoms with Gasteiger partial charge < -0.3 is 4.74 Å². The van der Waals surface area contributed by atoms with Crippen LogP contribution >= 0.6 is 0 Å². The van der Waals surface area contributed by atoms with Gasteiger partial charge in [0.25, 0.3) is 0 Å². The summed E-state index contributed by atoms with van der Waals surface area (Å²) in [5.74, 6) is 0.838. The second-order valence-corrected chi connectivity index (χ2v) is 3.83. The second kappa shape index (κ2) is 2.76. The molecule has 0 bridgehead atoms. The van der Waals surface area contributed by atoms with E-state index >= 15 is 0 Å². The maximum atomic E-state index is 5.43. The number of ether oxygens (including phenoxy) is 1. The second-order valence-electron chi connectivity index (χ2n) is 3.83. The number of likely N-dealkylation sites (tertiary alicyclic amines) is 1. The third kappa shape index (κ3) is 1.09. The smallest absolute Gasteiger partial charge is 0.0625 e. The lowest BCUT2D eigenvalue weighted by Crippen LogP contribution is -2.33. The van der Waals surface area contributed by atoms with E-state index in [-0.39, 0.29) is 0 Å². The van der Waals surface area contributed by atoms with Crippen molar-refractivity contribution in [3.05, 3.63) is 0 Å². The van der Waals surface area contributed by atoms with Gasteiger partial charge in [0.15, 0.2) is 0 Å². The van der Waals surface area contributed by atoms with Crippen molar-refractivity contribution in [1.82, 2.24) is 4.90 Å². The standard InChI is InChI=1S/C9H17NO/c1-3-8-4-7-5-11-6-9(7)10(8)2/h7-9H,3-6H2,1-2H3/t7-,8+,9+/m0/s1. The molecule has 0 aromatic rings. The molecule has 0 amide bonds. The summed E-state index contributed by atoms with van der Waals surface area (Å²) in [6.07, 6.45) is 2.65. The lowest BCUT2D eigenvalue weighted by atomic mass is 10.0. The number of fused-ring (bicyclic) bond motifs is 1. The molecule has 2 heterocycles. The van der Waals surface area contributed by atoms with Crippen molar-refractivity contribution in [3.63, 3.8) is 0 Å². The highest BCUT2D eigenvalue weighted by atomic mass is 16.5. The van der Waals surface area contributed by atoms with E-state index in [1.165, 1.54) is 12.8 Å². The van der Waals surface area contributed by atoms with Crippen LogP contribution in [0, 0.1) is 5.92 Å². The van der Waals surface area contributed by atoms with Crippen molar-refractivity contribution >= 4 is 0 Å². The Morgan fingerprint density at radius 3 is 2.91 bits per heavy atom. The number of likely N-dealkylation sites (N-methyl/N-ethyl adjacent to an activating group) is 1. The van der Waals surface area contributed by atoms with Gasteiger partial charge in [-0.05, 0) is 19.9 Å². The van der Waals surface area contributed by atoms with Crippen molar-refractivity contribution < 1.29 is 4.74 Å². The van der Waals surface area contributed by atoms with Crippen molar-refractivity contribution in [3.8, 4) is 0 Å². The predicted octanol–water partition coefficient (Wildman–Crippen LogP) is 1.12. The van der Waals surface area contributed by atoms with Gasteiger partial charge in [0.05, 0.1) is 13.2 Å². The van der Waals surface area contributed by atoms with Gasteiger partial charge >= 0.3 is 0 Å². The van der Waals surface area contributed by atoms with Crippen LogP contribution in [0.3, 0.4) is 0 Å². The lowest BCUT2D eigenvalue weighted by Gasteiger charge is -2.22. The zero-order chi connectivity index (χ0) is 7.84. The number of hydrogen-bond acceptors (Lipinski definition) is 2. The molecular weight excluding hydrogens is 138 g/mol. The fourth-order valence-electron chi connectivity index (χ4n) is 2.50. The number of rotatable bonds is 1. The van der Waals surface area contributed by atoms with Crippen LogP contribution in [-0.2, 0) is 4.74 Å². The van der Waals surface area contributed by atoms with Crippen molar-refractivity contribution in [1.29, 1.82) is 0 Å². The minimum absolute atomic E-state index is 0.736. The Morgan fingerprint density at radius 1 is 1.45 bits per heavy atom. The average molecular weight is 155 g/mol. The number of hydrogen-bond donors (Lipinski definition) is 0.